The molecule has 0 radical (unpaired) electrons. The molecule has 0 fully saturated rings. The van der Waals surface area contributed by atoms with Gasteiger partial charge in [0.15, 0.2) is 6.29 Å². The first-order valence-electron chi connectivity index (χ1n) is 5.95. The second kappa shape index (κ2) is 7.17. The Labute approximate surface area is 127 Å². The summed E-state index contributed by atoms with van der Waals surface area (Å²) < 4.78 is 11.0. The zero-order valence-electron chi connectivity index (χ0n) is 10.5. The van der Waals surface area contributed by atoms with Gasteiger partial charge in [0.25, 0.3) is 0 Å². The first kappa shape index (κ1) is 14.7. The Hall–Kier alpha value is -1.71. The summed E-state index contributed by atoms with van der Waals surface area (Å²) in [5.41, 5.74) is 0.511. The smallest absolute Gasteiger partial charge is 0.153 e. The van der Waals surface area contributed by atoms with Crippen molar-refractivity contribution in [1.82, 2.24) is 0 Å². The second-order valence-electron chi connectivity index (χ2n) is 3.93. The Morgan fingerprint density at radius 2 is 1.65 bits per heavy atom. The normalized spacial score (nSPS) is 10.1. The first-order chi connectivity index (χ1) is 9.70. The summed E-state index contributed by atoms with van der Waals surface area (Å²) in [5, 5.41) is 1.00. The predicted molar refractivity (Wildman–Crippen MR) is 79.3 cm³/mol. The predicted octanol–water partition coefficient (Wildman–Crippen LogP) is 4.26. The van der Waals surface area contributed by atoms with Gasteiger partial charge in [-0.05, 0) is 30.3 Å². The Morgan fingerprint density at radius 1 is 0.950 bits per heavy atom. The number of carbonyl (C=O) groups excluding carboxylic acids is 1. The Balaban J connectivity index is 1.86. The van der Waals surface area contributed by atoms with Crippen LogP contribution in [0.4, 0.5) is 0 Å². The molecule has 0 aliphatic carbocycles. The molecule has 0 aliphatic rings. The van der Waals surface area contributed by atoms with E-state index in [0.717, 1.165) is 6.29 Å². The Bertz CT molecular complexity index is 599. The lowest BCUT2D eigenvalue weighted by Gasteiger charge is -2.10. The van der Waals surface area contributed by atoms with Crippen LogP contribution in [-0.2, 0) is 0 Å². The number of hydrogen-bond acceptors (Lipinski definition) is 3. The third-order valence-electron chi connectivity index (χ3n) is 2.54. The minimum Gasteiger partial charge on any atom is -0.489 e. The van der Waals surface area contributed by atoms with E-state index in [0.29, 0.717) is 40.3 Å². The summed E-state index contributed by atoms with van der Waals surface area (Å²) in [5.74, 6) is 1.08. The van der Waals surface area contributed by atoms with E-state index < -0.39 is 0 Å². The number of carbonyl (C=O) groups is 1. The SMILES string of the molecule is O=Cc1ccccc1OCCOc1ccc(Cl)cc1Cl. The molecule has 0 atom stereocenters. The molecule has 2 aromatic carbocycles. The average molecular weight is 311 g/mol. The lowest BCUT2D eigenvalue weighted by Crippen LogP contribution is -2.10. The monoisotopic (exact) mass is 310 g/mol. The molecule has 0 aromatic heterocycles. The summed E-state index contributed by atoms with van der Waals surface area (Å²) in [6.07, 6.45) is 0.756. The van der Waals surface area contributed by atoms with Crippen molar-refractivity contribution >= 4 is 29.5 Å². The van der Waals surface area contributed by atoms with Crippen LogP contribution >= 0.6 is 23.2 Å². The van der Waals surface area contributed by atoms with E-state index in [-0.39, 0.29) is 0 Å². The minimum atomic E-state index is 0.309. The average Bonchev–Trinajstić information content (AvgIpc) is 2.46. The molecule has 5 heteroatoms. The number of halogens is 2. The molecule has 0 bridgehead atoms. The molecule has 0 amide bonds. The van der Waals surface area contributed by atoms with Gasteiger partial charge in [0, 0.05) is 5.02 Å². The zero-order valence-corrected chi connectivity index (χ0v) is 12.0. The Kier molecular flexibility index (Phi) is 5.27. The molecule has 0 aliphatic heterocycles. The topological polar surface area (TPSA) is 35.5 Å². The van der Waals surface area contributed by atoms with Crippen LogP contribution < -0.4 is 9.47 Å². The molecule has 3 nitrogen and oxygen atoms in total. The van der Waals surface area contributed by atoms with Gasteiger partial charge < -0.3 is 9.47 Å². The summed E-state index contributed by atoms with van der Waals surface area (Å²) in [7, 11) is 0. The van der Waals surface area contributed by atoms with Gasteiger partial charge in [0.05, 0.1) is 10.6 Å². The number of ether oxygens (including phenoxy) is 2. The largest absolute Gasteiger partial charge is 0.489 e. The number of rotatable bonds is 6. The summed E-state index contributed by atoms with van der Waals surface area (Å²) in [6.45, 7) is 0.623. The van der Waals surface area contributed by atoms with Crippen molar-refractivity contribution in [2.24, 2.45) is 0 Å². The van der Waals surface area contributed by atoms with Crippen LogP contribution in [0.2, 0.25) is 10.0 Å². The van der Waals surface area contributed by atoms with Crippen molar-refractivity contribution < 1.29 is 14.3 Å². The third kappa shape index (κ3) is 3.89. The molecule has 2 aromatic rings. The van der Waals surface area contributed by atoms with Crippen LogP contribution in [-0.4, -0.2) is 19.5 Å². The highest BCUT2D eigenvalue weighted by molar-refractivity contribution is 6.35. The molecule has 104 valence electrons. The van der Waals surface area contributed by atoms with Gasteiger partial charge in [-0.1, -0.05) is 35.3 Å². The van der Waals surface area contributed by atoms with Gasteiger partial charge >= 0.3 is 0 Å². The van der Waals surface area contributed by atoms with E-state index in [2.05, 4.69) is 0 Å². The lowest BCUT2D eigenvalue weighted by atomic mass is 10.2. The van der Waals surface area contributed by atoms with Crippen LogP contribution in [0.1, 0.15) is 10.4 Å². The lowest BCUT2D eigenvalue weighted by molar-refractivity contribution is 0.111. The van der Waals surface area contributed by atoms with Gasteiger partial charge in [-0.15, -0.1) is 0 Å². The fourth-order valence-corrected chi connectivity index (χ4v) is 2.07. The number of benzene rings is 2. The highest BCUT2D eigenvalue weighted by atomic mass is 35.5. The summed E-state index contributed by atoms with van der Waals surface area (Å²) in [6, 6.07) is 12.0. The van der Waals surface area contributed by atoms with Gasteiger partial charge in [-0.3, -0.25) is 4.79 Å². The molecular formula is C15H12Cl2O3. The van der Waals surface area contributed by atoms with Crippen molar-refractivity contribution in [1.29, 1.82) is 0 Å². The molecule has 0 unspecified atom stereocenters. The van der Waals surface area contributed by atoms with E-state index in [4.69, 9.17) is 32.7 Å². The van der Waals surface area contributed by atoms with Gasteiger partial charge in [0.1, 0.15) is 24.7 Å². The zero-order chi connectivity index (χ0) is 14.4. The molecule has 20 heavy (non-hydrogen) atoms. The number of aldehydes is 1. The van der Waals surface area contributed by atoms with Crippen molar-refractivity contribution in [3.63, 3.8) is 0 Å². The third-order valence-corrected chi connectivity index (χ3v) is 3.07. The molecule has 0 N–H and O–H groups in total. The highest BCUT2D eigenvalue weighted by Gasteiger charge is 2.04. The van der Waals surface area contributed by atoms with Crippen molar-refractivity contribution in [3.05, 3.63) is 58.1 Å². The van der Waals surface area contributed by atoms with Crippen molar-refractivity contribution in [2.45, 2.75) is 0 Å². The van der Waals surface area contributed by atoms with Gasteiger partial charge in [0.2, 0.25) is 0 Å². The molecule has 0 spiro atoms. The van der Waals surface area contributed by atoms with E-state index >= 15 is 0 Å². The van der Waals surface area contributed by atoms with E-state index in [1.165, 1.54) is 0 Å². The van der Waals surface area contributed by atoms with E-state index in [1.807, 2.05) is 0 Å². The molecule has 0 heterocycles. The fourth-order valence-electron chi connectivity index (χ4n) is 1.60. The van der Waals surface area contributed by atoms with Crippen molar-refractivity contribution in [2.75, 3.05) is 13.2 Å². The van der Waals surface area contributed by atoms with Crippen LogP contribution in [0.3, 0.4) is 0 Å². The van der Waals surface area contributed by atoms with Crippen LogP contribution in [0.5, 0.6) is 11.5 Å². The van der Waals surface area contributed by atoms with E-state index in [1.54, 1.807) is 42.5 Å². The maximum atomic E-state index is 10.8. The fraction of sp³-hybridized carbons (Fsp3) is 0.133. The highest BCUT2D eigenvalue weighted by Crippen LogP contribution is 2.27. The molecule has 0 saturated carbocycles. The van der Waals surface area contributed by atoms with Gasteiger partial charge in [-0.25, -0.2) is 0 Å². The van der Waals surface area contributed by atoms with E-state index in [9.17, 15) is 4.79 Å². The maximum absolute atomic E-state index is 10.8. The minimum absolute atomic E-state index is 0.309. The maximum Gasteiger partial charge on any atom is 0.153 e. The molecular weight excluding hydrogens is 299 g/mol. The van der Waals surface area contributed by atoms with Crippen molar-refractivity contribution in [3.8, 4) is 11.5 Å². The van der Waals surface area contributed by atoms with Crippen LogP contribution in [0, 0.1) is 0 Å². The van der Waals surface area contributed by atoms with Crippen LogP contribution in [0.25, 0.3) is 0 Å². The first-order valence-corrected chi connectivity index (χ1v) is 6.71. The van der Waals surface area contributed by atoms with Gasteiger partial charge in [-0.2, -0.15) is 0 Å². The summed E-state index contributed by atoms with van der Waals surface area (Å²) >= 11 is 11.8. The number of para-hydroxylation sites is 1. The number of hydrogen-bond donors (Lipinski definition) is 0. The molecule has 0 saturated heterocycles. The second-order valence-corrected chi connectivity index (χ2v) is 4.77. The quantitative estimate of drug-likeness (QED) is 0.590. The molecule has 2 rings (SSSR count). The Morgan fingerprint density at radius 3 is 2.35 bits per heavy atom. The van der Waals surface area contributed by atoms with Crippen LogP contribution in [0.15, 0.2) is 42.5 Å². The standard InChI is InChI=1S/C15H12Cl2O3/c16-12-5-6-15(13(17)9-12)20-8-7-19-14-4-2-1-3-11(14)10-18/h1-6,9-10H,7-8H2. The summed E-state index contributed by atoms with van der Waals surface area (Å²) in [4.78, 5) is 10.8.